The highest BCUT2D eigenvalue weighted by atomic mass is 16.5. The molecule has 1 N–H and O–H groups in total. The van der Waals surface area contributed by atoms with Crippen LogP contribution in [0, 0.1) is 0 Å². The fourth-order valence-electron chi connectivity index (χ4n) is 6.45. The second kappa shape index (κ2) is 34.6. The van der Waals surface area contributed by atoms with Gasteiger partial charge in [-0.2, -0.15) is 4.98 Å². The number of aliphatic carboxylic acids is 1. The van der Waals surface area contributed by atoms with Crippen molar-refractivity contribution in [3.8, 4) is 11.8 Å². The lowest BCUT2D eigenvalue weighted by molar-refractivity contribution is -0.137. The zero-order valence-electron chi connectivity index (χ0n) is 35.6. The van der Waals surface area contributed by atoms with Gasteiger partial charge in [0, 0.05) is 24.1 Å². The third kappa shape index (κ3) is 26.8. The SMILES string of the molecule is CCCCC/C=C\C/C=C\CCCCCCCCOc1cc(C(C)(CCC(=O)O)N(C)C)cc(OCCCCCCCC/C=C\C/C=C\CCCCC)n1. The molecule has 1 rings (SSSR count). The second-order valence-corrected chi connectivity index (χ2v) is 15.5. The third-order valence-corrected chi connectivity index (χ3v) is 10.4. The molecule has 0 saturated heterocycles. The molecule has 1 heterocycles. The predicted octanol–water partition coefficient (Wildman–Crippen LogP) is 14.1. The van der Waals surface area contributed by atoms with E-state index in [0.717, 1.165) is 44.1 Å². The van der Waals surface area contributed by atoms with Crippen molar-refractivity contribution in [1.82, 2.24) is 9.88 Å². The van der Waals surface area contributed by atoms with Crippen molar-refractivity contribution >= 4 is 5.97 Å². The molecule has 0 aliphatic rings. The lowest BCUT2D eigenvalue weighted by Gasteiger charge is -2.37. The van der Waals surface area contributed by atoms with Crippen molar-refractivity contribution in [1.29, 1.82) is 0 Å². The summed E-state index contributed by atoms with van der Waals surface area (Å²) >= 11 is 0. The molecule has 0 amide bonds. The van der Waals surface area contributed by atoms with Gasteiger partial charge in [-0.3, -0.25) is 9.69 Å². The minimum Gasteiger partial charge on any atom is -0.481 e. The van der Waals surface area contributed by atoms with Crippen LogP contribution in [0.5, 0.6) is 11.8 Å². The first kappa shape index (κ1) is 49.2. The van der Waals surface area contributed by atoms with Crippen LogP contribution in [0.1, 0.15) is 193 Å². The van der Waals surface area contributed by atoms with Gasteiger partial charge in [0.25, 0.3) is 0 Å². The van der Waals surface area contributed by atoms with Crippen molar-refractivity contribution in [2.45, 2.75) is 193 Å². The highest BCUT2D eigenvalue weighted by molar-refractivity contribution is 5.66. The van der Waals surface area contributed by atoms with E-state index in [0.29, 0.717) is 31.4 Å². The number of unbranched alkanes of at least 4 members (excludes halogenated alkanes) is 18. The van der Waals surface area contributed by atoms with Gasteiger partial charge in [-0.25, -0.2) is 0 Å². The lowest BCUT2D eigenvalue weighted by atomic mass is 9.86. The Morgan fingerprint density at radius 2 is 0.981 bits per heavy atom. The molecule has 0 fully saturated rings. The Hall–Kier alpha value is -2.86. The van der Waals surface area contributed by atoms with Crippen LogP contribution in [-0.2, 0) is 10.3 Å². The number of aromatic nitrogens is 1. The maximum absolute atomic E-state index is 11.5. The monoisotopic (exact) mass is 751 g/mol. The fraction of sp³-hybridized carbons (Fsp3) is 0.708. The van der Waals surface area contributed by atoms with E-state index >= 15 is 0 Å². The van der Waals surface area contributed by atoms with E-state index < -0.39 is 11.5 Å². The number of carbonyl (C=O) groups is 1. The van der Waals surface area contributed by atoms with Gasteiger partial charge in [-0.15, -0.1) is 0 Å². The van der Waals surface area contributed by atoms with Gasteiger partial charge in [-0.1, -0.05) is 140 Å². The van der Waals surface area contributed by atoms with E-state index in [9.17, 15) is 9.90 Å². The van der Waals surface area contributed by atoms with Crippen LogP contribution in [0.15, 0.2) is 60.7 Å². The Bertz CT molecular complexity index is 1090. The Morgan fingerprint density at radius 3 is 1.35 bits per heavy atom. The van der Waals surface area contributed by atoms with Crippen LogP contribution < -0.4 is 9.47 Å². The number of nitrogens with zero attached hydrogens (tertiary/aromatic N) is 2. The van der Waals surface area contributed by atoms with Crippen molar-refractivity contribution in [3.63, 3.8) is 0 Å². The van der Waals surface area contributed by atoms with E-state index in [1.807, 2.05) is 26.2 Å². The Morgan fingerprint density at radius 1 is 0.611 bits per heavy atom. The normalized spacial score (nSPS) is 13.3. The molecule has 54 heavy (non-hydrogen) atoms. The van der Waals surface area contributed by atoms with Crippen LogP contribution in [-0.4, -0.2) is 48.3 Å². The number of allylic oxidation sites excluding steroid dienone is 8. The second-order valence-electron chi connectivity index (χ2n) is 15.5. The molecule has 1 atom stereocenters. The van der Waals surface area contributed by atoms with Gasteiger partial charge in [0.05, 0.1) is 13.2 Å². The maximum Gasteiger partial charge on any atom is 0.303 e. The molecule has 1 aromatic rings. The summed E-state index contributed by atoms with van der Waals surface area (Å²) in [6.07, 6.45) is 48.2. The highest BCUT2D eigenvalue weighted by Crippen LogP contribution is 2.35. The van der Waals surface area contributed by atoms with E-state index in [1.54, 1.807) is 0 Å². The molecule has 6 nitrogen and oxygen atoms in total. The Labute approximate surface area is 333 Å². The summed E-state index contributed by atoms with van der Waals surface area (Å²) in [5.41, 5.74) is 0.487. The van der Waals surface area contributed by atoms with Crippen LogP contribution in [0.4, 0.5) is 0 Å². The topological polar surface area (TPSA) is 71.9 Å². The van der Waals surface area contributed by atoms with Gasteiger partial charge in [0.2, 0.25) is 11.8 Å². The molecule has 0 aliphatic carbocycles. The quantitative estimate of drug-likeness (QED) is 0.0539. The summed E-state index contributed by atoms with van der Waals surface area (Å²) in [6.45, 7) is 7.82. The van der Waals surface area contributed by atoms with E-state index in [-0.39, 0.29) is 6.42 Å². The smallest absolute Gasteiger partial charge is 0.303 e. The maximum atomic E-state index is 11.5. The molecule has 1 aromatic heterocycles. The van der Waals surface area contributed by atoms with Crippen molar-refractivity contribution in [3.05, 3.63) is 66.3 Å². The van der Waals surface area contributed by atoms with Crippen LogP contribution in [0.25, 0.3) is 0 Å². The fourth-order valence-corrected chi connectivity index (χ4v) is 6.45. The predicted molar refractivity (Wildman–Crippen MR) is 232 cm³/mol. The standard InChI is InChI=1S/C48H82N2O4/c1-6-8-10-12-14-16-18-20-22-24-26-28-30-32-34-36-40-53-45-42-44(48(3,50(4)5)39-38-47(51)52)43-46(49-45)54-41-37-35-33-31-29-27-25-23-21-19-17-15-13-11-9-7-2/h14-17,20-23,42-43H,6-13,18-19,24-41H2,1-5H3,(H,51,52)/b16-14-,17-15-,22-20-,23-21-. The molecular weight excluding hydrogens is 669 g/mol. The van der Waals surface area contributed by atoms with Crippen molar-refractivity contribution < 1.29 is 19.4 Å². The zero-order valence-corrected chi connectivity index (χ0v) is 35.6. The molecule has 0 spiro atoms. The summed E-state index contributed by atoms with van der Waals surface area (Å²) in [7, 11) is 4.00. The minimum absolute atomic E-state index is 0.0863. The highest BCUT2D eigenvalue weighted by Gasteiger charge is 2.31. The first-order chi connectivity index (χ1) is 26.3. The minimum atomic E-state index is -0.792. The summed E-state index contributed by atoms with van der Waals surface area (Å²) in [6, 6.07) is 3.95. The summed E-state index contributed by atoms with van der Waals surface area (Å²) in [4.78, 5) is 18.3. The Balaban J connectivity index is 2.44. The summed E-state index contributed by atoms with van der Waals surface area (Å²) in [5.74, 6) is 0.330. The number of carboxylic acids is 1. The largest absolute Gasteiger partial charge is 0.481 e. The molecule has 0 radical (unpaired) electrons. The molecule has 0 aliphatic heterocycles. The molecule has 0 bridgehead atoms. The number of rotatable bonds is 37. The molecular formula is C48H82N2O4. The number of pyridine rings is 1. The van der Waals surface area contributed by atoms with Crippen LogP contribution >= 0.6 is 0 Å². The van der Waals surface area contributed by atoms with Gasteiger partial charge in [-0.05, 0) is 110 Å². The third-order valence-electron chi connectivity index (χ3n) is 10.4. The first-order valence-electron chi connectivity index (χ1n) is 22.1. The molecule has 6 heteroatoms. The Kier molecular flexibility index (Phi) is 31.5. The zero-order chi connectivity index (χ0) is 39.4. The van der Waals surface area contributed by atoms with Gasteiger partial charge in [0.1, 0.15) is 0 Å². The van der Waals surface area contributed by atoms with E-state index in [4.69, 9.17) is 14.5 Å². The average Bonchev–Trinajstić information content (AvgIpc) is 3.16. The van der Waals surface area contributed by atoms with Crippen molar-refractivity contribution in [2.24, 2.45) is 0 Å². The molecule has 1 unspecified atom stereocenters. The van der Waals surface area contributed by atoms with Crippen molar-refractivity contribution in [2.75, 3.05) is 27.3 Å². The van der Waals surface area contributed by atoms with Gasteiger partial charge in [0.15, 0.2) is 0 Å². The first-order valence-corrected chi connectivity index (χ1v) is 22.1. The number of hydrogen-bond donors (Lipinski definition) is 1. The van der Waals surface area contributed by atoms with E-state index in [2.05, 4.69) is 74.3 Å². The molecule has 308 valence electrons. The van der Waals surface area contributed by atoms with Crippen LogP contribution in [0.3, 0.4) is 0 Å². The van der Waals surface area contributed by atoms with Gasteiger partial charge < -0.3 is 14.6 Å². The van der Waals surface area contributed by atoms with Crippen LogP contribution in [0.2, 0.25) is 0 Å². The van der Waals surface area contributed by atoms with E-state index in [1.165, 1.54) is 116 Å². The van der Waals surface area contributed by atoms with Gasteiger partial charge >= 0.3 is 5.97 Å². The molecule has 0 saturated carbocycles. The number of hydrogen-bond acceptors (Lipinski definition) is 5. The summed E-state index contributed by atoms with van der Waals surface area (Å²) < 4.78 is 12.4. The molecule has 0 aromatic carbocycles. The average molecular weight is 751 g/mol. The number of ether oxygens (including phenoxy) is 2. The summed E-state index contributed by atoms with van der Waals surface area (Å²) in [5, 5.41) is 9.45. The lowest BCUT2D eigenvalue weighted by Crippen LogP contribution is -2.39. The number of carboxylic acid groups (broad SMARTS) is 1.